The maximum Gasteiger partial charge on any atom is 0.0700 e. The quantitative estimate of drug-likeness (QED) is 0.302. The normalized spacial score (nSPS) is 14.8. The topological polar surface area (TPSA) is 76.1 Å². The molecule has 0 heterocycles. The zero-order chi connectivity index (χ0) is 28.6. The number of allylic oxidation sites excluding steroid dienone is 3. The first-order valence-electron chi connectivity index (χ1n) is 12.6. The van der Waals surface area contributed by atoms with Crippen LogP contribution < -0.4 is 22.1 Å². The summed E-state index contributed by atoms with van der Waals surface area (Å²) in [5.41, 5.74) is 20.1. The maximum absolute atomic E-state index is 6.59. The number of rotatable bonds is 6. The lowest BCUT2D eigenvalue weighted by atomic mass is 9.90. The molecule has 4 nitrogen and oxygen atoms in total. The highest BCUT2D eigenvalue weighted by molar-refractivity contribution is 6.02. The molecule has 1 aliphatic carbocycles. The Morgan fingerprint density at radius 1 is 0.730 bits per heavy atom. The van der Waals surface area contributed by atoms with Crippen molar-refractivity contribution < 1.29 is 0 Å². The molecule has 3 rings (SSSR count). The molecule has 0 unspecified atom stereocenters. The van der Waals surface area contributed by atoms with Crippen molar-refractivity contribution in [1.82, 2.24) is 10.6 Å². The van der Waals surface area contributed by atoms with E-state index in [2.05, 4.69) is 50.5 Å². The molecule has 0 radical (unpaired) electrons. The Morgan fingerprint density at radius 2 is 1.11 bits per heavy atom. The van der Waals surface area contributed by atoms with E-state index in [1.807, 2.05) is 101 Å². The summed E-state index contributed by atoms with van der Waals surface area (Å²) in [5, 5.41) is 6.74. The third kappa shape index (κ3) is 11.0. The molecule has 0 fully saturated rings. The molecule has 4 heteroatoms. The largest absolute Gasteiger partial charge is 0.397 e. The summed E-state index contributed by atoms with van der Waals surface area (Å²) in [6.07, 6.45) is 10.3. The number of hydrogen-bond donors (Lipinski definition) is 4. The first-order chi connectivity index (χ1) is 18.0. The Kier molecular flexibility index (Phi) is 21.1. The molecule has 2 aromatic rings. The Bertz CT molecular complexity index is 1040. The van der Waals surface area contributed by atoms with Gasteiger partial charge in [-0.05, 0) is 26.5 Å². The van der Waals surface area contributed by atoms with E-state index in [1.54, 1.807) is 6.08 Å². The first kappa shape index (κ1) is 35.0. The van der Waals surface area contributed by atoms with Gasteiger partial charge >= 0.3 is 0 Å². The summed E-state index contributed by atoms with van der Waals surface area (Å²) in [4.78, 5) is 0. The fraction of sp³-hybridized carbons (Fsp3) is 0.212. The molecule has 200 valence electrons. The Morgan fingerprint density at radius 3 is 1.49 bits per heavy atom. The standard InChI is InChI=1S/C22H24N4.C4H8.C3H6.C2H6.C2H4/c1-3-13-25-21-17-11-7-8-12-18(17)22(26-14-4-2)20(24)16-10-6-5-9-15(16)19(21)23;1-3-4-2;1-3-2;2*1-2/h3-12,14,25-26H,1,13,23-24H2,2H3;3H,1,4H2,2H3;3H,1H2,2H3;1-2H3;1-2H2/b14-4+,19-15?,20-16?,21-17?,21-19-,22-18?,22-20-;;;;. The van der Waals surface area contributed by atoms with Crippen molar-refractivity contribution in [1.29, 1.82) is 0 Å². The molecule has 6 N–H and O–H groups in total. The van der Waals surface area contributed by atoms with Gasteiger partial charge in [-0.15, -0.1) is 32.9 Å². The highest BCUT2D eigenvalue weighted by Gasteiger charge is 2.22. The van der Waals surface area contributed by atoms with Gasteiger partial charge in [0.25, 0.3) is 0 Å². The summed E-state index contributed by atoms with van der Waals surface area (Å²) in [5.74, 6) is 0. The SMILES string of the molecule is C=C.C=CC.C=CCC.C=CCN/C1=C(\N)c2ccccc2/C(N)=C(/N/C=C/C)c2ccccc21.CC. The average molecular weight is 501 g/mol. The first-order valence-corrected chi connectivity index (χ1v) is 12.6. The lowest BCUT2D eigenvalue weighted by molar-refractivity contribution is 1.01. The van der Waals surface area contributed by atoms with E-state index < -0.39 is 0 Å². The lowest BCUT2D eigenvalue weighted by Gasteiger charge is -2.25. The summed E-state index contributed by atoms with van der Waals surface area (Å²) in [7, 11) is 0. The predicted molar refractivity (Wildman–Crippen MR) is 170 cm³/mol. The number of nitrogens with one attached hydrogen (secondary N) is 2. The number of nitrogens with two attached hydrogens (primary N) is 2. The predicted octanol–water partition coefficient (Wildman–Crippen LogP) is 8.07. The van der Waals surface area contributed by atoms with Crippen molar-refractivity contribution >= 4 is 22.8 Å². The summed E-state index contributed by atoms with van der Waals surface area (Å²) in [6, 6.07) is 16.0. The third-order valence-electron chi connectivity index (χ3n) is 4.62. The fourth-order valence-electron chi connectivity index (χ4n) is 3.12. The van der Waals surface area contributed by atoms with Gasteiger partial charge in [-0.25, -0.2) is 0 Å². The molecule has 0 amide bonds. The molecular formula is C33H48N4. The third-order valence-corrected chi connectivity index (χ3v) is 4.62. The summed E-state index contributed by atoms with van der Waals surface area (Å²) < 4.78 is 0. The molecule has 2 aromatic carbocycles. The van der Waals surface area contributed by atoms with E-state index in [0.29, 0.717) is 17.9 Å². The van der Waals surface area contributed by atoms with Gasteiger partial charge in [-0.1, -0.05) is 93.6 Å². The van der Waals surface area contributed by atoms with E-state index in [1.165, 1.54) is 0 Å². The monoisotopic (exact) mass is 500 g/mol. The van der Waals surface area contributed by atoms with Crippen molar-refractivity contribution in [2.45, 2.75) is 41.0 Å². The van der Waals surface area contributed by atoms with Crippen LogP contribution in [0, 0.1) is 0 Å². The lowest BCUT2D eigenvalue weighted by Crippen LogP contribution is -2.23. The zero-order valence-corrected chi connectivity index (χ0v) is 23.6. The second-order valence-electron chi connectivity index (χ2n) is 7.09. The molecule has 0 saturated heterocycles. The smallest absolute Gasteiger partial charge is 0.0700 e. The molecule has 0 aromatic heterocycles. The highest BCUT2D eigenvalue weighted by atomic mass is 14.9. The van der Waals surface area contributed by atoms with Gasteiger partial charge in [0.15, 0.2) is 0 Å². The van der Waals surface area contributed by atoms with E-state index >= 15 is 0 Å². The van der Waals surface area contributed by atoms with E-state index in [9.17, 15) is 0 Å². The Labute approximate surface area is 226 Å². The van der Waals surface area contributed by atoms with Crippen LogP contribution in [0.5, 0.6) is 0 Å². The molecule has 0 atom stereocenters. The van der Waals surface area contributed by atoms with Crippen molar-refractivity contribution in [3.63, 3.8) is 0 Å². The van der Waals surface area contributed by atoms with Crippen molar-refractivity contribution in [2.24, 2.45) is 11.5 Å². The fourth-order valence-corrected chi connectivity index (χ4v) is 3.12. The molecule has 37 heavy (non-hydrogen) atoms. The van der Waals surface area contributed by atoms with Gasteiger partial charge in [-0.3, -0.25) is 0 Å². The van der Waals surface area contributed by atoms with Crippen LogP contribution in [-0.4, -0.2) is 6.54 Å². The van der Waals surface area contributed by atoms with Crippen LogP contribution >= 0.6 is 0 Å². The summed E-state index contributed by atoms with van der Waals surface area (Å²) >= 11 is 0. The van der Waals surface area contributed by atoms with Crippen molar-refractivity contribution in [3.8, 4) is 0 Å². The molecule has 0 bridgehead atoms. The van der Waals surface area contributed by atoms with Gasteiger partial charge < -0.3 is 22.1 Å². The highest BCUT2D eigenvalue weighted by Crippen LogP contribution is 2.35. The molecule has 1 aliphatic rings. The maximum atomic E-state index is 6.59. The second-order valence-corrected chi connectivity index (χ2v) is 7.09. The van der Waals surface area contributed by atoms with Crippen molar-refractivity contribution in [2.75, 3.05) is 6.54 Å². The molecule has 0 saturated carbocycles. The second kappa shape index (κ2) is 22.3. The van der Waals surface area contributed by atoms with Gasteiger partial charge in [-0.2, -0.15) is 0 Å². The molecular weight excluding hydrogens is 452 g/mol. The van der Waals surface area contributed by atoms with E-state index in [-0.39, 0.29) is 0 Å². The molecule has 0 spiro atoms. The minimum Gasteiger partial charge on any atom is -0.397 e. The molecule has 0 aliphatic heterocycles. The number of benzene rings is 2. The van der Waals surface area contributed by atoms with Crippen LogP contribution in [-0.2, 0) is 0 Å². The van der Waals surface area contributed by atoms with Crippen LogP contribution in [0.1, 0.15) is 63.3 Å². The minimum atomic E-state index is 0.614. The van der Waals surface area contributed by atoms with Crippen LogP contribution in [0.15, 0.2) is 112 Å². The summed E-state index contributed by atoms with van der Waals surface area (Å²) in [6.45, 7) is 27.2. The van der Waals surface area contributed by atoms with E-state index in [4.69, 9.17) is 11.5 Å². The van der Waals surface area contributed by atoms with Crippen LogP contribution in [0.4, 0.5) is 0 Å². The number of fused-ring (bicyclic) bond motifs is 2. The minimum absolute atomic E-state index is 0.614. The van der Waals surface area contributed by atoms with Gasteiger partial charge in [0.2, 0.25) is 0 Å². The van der Waals surface area contributed by atoms with Gasteiger partial charge in [0, 0.05) is 28.8 Å². The Hall–Kier alpha value is -4.18. The van der Waals surface area contributed by atoms with Crippen LogP contribution in [0.2, 0.25) is 0 Å². The Balaban J connectivity index is 0. The van der Waals surface area contributed by atoms with Crippen LogP contribution in [0.3, 0.4) is 0 Å². The van der Waals surface area contributed by atoms with Gasteiger partial charge in [0.05, 0.1) is 22.8 Å². The zero-order valence-electron chi connectivity index (χ0n) is 23.6. The van der Waals surface area contributed by atoms with Crippen LogP contribution in [0.25, 0.3) is 22.8 Å². The van der Waals surface area contributed by atoms with E-state index in [0.717, 1.165) is 40.1 Å². The van der Waals surface area contributed by atoms with Crippen molar-refractivity contribution in [3.05, 3.63) is 134 Å². The number of hydrogen-bond acceptors (Lipinski definition) is 4. The average Bonchev–Trinajstić information content (AvgIpc) is 2.96. The van der Waals surface area contributed by atoms with Gasteiger partial charge in [0.1, 0.15) is 0 Å².